The van der Waals surface area contributed by atoms with Gasteiger partial charge in [0.2, 0.25) is 0 Å². The molecule has 0 amide bonds. The summed E-state index contributed by atoms with van der Waals surface area (Å²) in [6, 6.07) is 0.911. The molecule has 0 aliphatic carbocycles. The minimum Gasteiger partial charge on any atom is -0.381 e. The summed E-state index contributed by atoms with van der Waals surface area (Å²) in [7, 11) is 0. The van der Waals surface area contributed by atoms with Gasteiger partial charge in [0.1, 0.15) is 5.52 Å². The summed E-state index contributed by atoms with van der Waals surface area (Å²) < 4.78 is 41.0. The lowest BCUT2D eigenvalue weighted by Crippen LogP contribution is -2.05. The Kier molecular flexibility index (Phi) is 2.71. The van der Waals surface area contributed by atoms with Crippen LogP contribution in [0.5, 0.6) is 0 Å². The maximum atomic E-state index is 12.7. The predicted octanol–water partition coefficient (Wildman–Crippen LogP) is 2.28. The van der Waals surface area contributed by atoms with Gasteiger partial charge in [0, 0.05) is 24.7 Å². The van der Waals surface area contributed by atoms with Crippen molar-refractivity contribution in [2.45, 2.75) is 6.18 Å². The van der Waals surface area contributed by atoms with Gasteiger partial charge < -0.3 is 5.73 Å². The van der Waals surface area contributed by atoms with Gasteiger partial charge in [-0.1, -0.05) is 0 Å². The normalized spacial score (nSPS) is 12.2. The number of anilines is 1. The smallest absolute Gasteiger partial charge is 0.381 e. The van der Waals surface area contributed by atoms with Crippen molar-refractivity contribution in [2.24, 2.45) is 0 Å². The van der Waals surface area contributed by atoms with Crippen molar-refractivity contribution in [1.82, 2.24) is 24.4 Å². The minimum atomic E-state index is -4.52. The molecular weight excluding hydrogens is 341 g/mol. The van der Waals surface area contributed by atoms with Gasteiger partial charge in [-0.2, -0.15) is 18.3 Å². The Morgan fingerprint density at radius 3 is 2.60 bits per heavy atom. The summed E-state index contributed by atoms with van der Waals surface area (Å²) in [5.74, 6) is 0.414. The Morgan fingerprint density at radius 2 is 2.00 bits per heavy atom. The first-order valence-corrected chi connectivity index (χ1v) is 6.08. The van der Waals surface area contributed by atoms with E-state index in [-0.39, 0.29) is 17.2 Å². The molecule has 0 saturated heterocycles. The molecule has 3 rings (SSSR count). The van der Waals surface area contributed by atoms with Crippen LogP contribution in [-0.2, 0) is 6.18 Å². The molecule has 0 bridgehead atoms. The molecule has 0 spiro atoms. The topological polar surface area (TPSA) is 74.0 Å². The van der Waals surface area contributed by atoms with Crippen LogP contribution in [0.3, 0.4) is 0 Å². The fraction of sp³-hybridized carbons (Fsp3) is 0.100. The summed E-state index contributed by atoms with van der Waals surface area (Å²) in [4.78, 5) is 4.02. The van der Waals surface area contributed by atoms with Gasteiger partial charge in [-0.15, -0.1) is 5.10 Å². The molecule has 0 saturated carbocycles. The molecule has 3 aromatic heterocycles. The maximum Gasteiger partial charge on any atom is 0.435 e. The molecule has 0 aliphatic heterocycles. The zero-order valence-electron chi connectivity index (χ0n) is 9.63. The Bertz CT molecular complexity index is 770. The number of alkyl halides is 3. The summed E-state index contributed by atoms with van der Waals surface area (Å²) in [5.41, 5.74) is 4.77. The van der Waals surface area contributed by atoms with Crippen LogP contribution in [0, 0.1) is 0 Å². The third kappa shape index (κ3) is 2.01. The quantitative estimate of drug-likeness (QED) is 0.733. The first-order valence-electron chi connectivity index (χ1n) is 5.29. The second kappa shape index (κ2) is 4.20. The molecule has 2 N–H and O–H groups in total. The Hall–Kier alpha value is -2.10. The molecule has 0 radical (unpaired) electrons. The summed E-state index contributed by atoms with van der Waals surface area (Å²) in [6.45, 7) is 0. The van der Waals surface area contributed by atoms with Crippen molar-refractivity contribution in [2.75, 3.05) is 5.73 Å². The maximum absolute atomic E-state index is 12.7. The average molecular weight is 347 g/mol. The van der Waals surface area contributed by atoms with Gasteiger partial charge in [-0.3, -0.25) is 0 Å². The van der Waals surface area contributed by atoms with Gasteiger partial charge in [-0.25, -0.2) is 14.2 Å². The number of nitrogen functional groups attached to an aromatic ring is 1. The van der Waals surface area contributed by atoms with E-state index >= 15 is 0 Å². The molecule has 6 nitrogen and oxygen atoms in total. The van der Waals surface area contributed by atoms with Crippen LogP contribution in [-0.4, -0.2) is 24.4 Å². The highest BCUT2D eigenvalue weighted by atomic mass is 79.9. The Morgan fingerprint density at radius 1 is 1.25 bits per heavy atom. The fourth-order valence-corrected chi connectivity index (χ4v) is 1.97. The Labute approximate surface area is 118 Å². The molecule has 0 aromatic carbocycles. The number of fused-ring (bicyclic) bond motifs is 1. The monoisotopic (exact) mass is 346 g/mol. The number of hydrogen-bond donors (Lipinski definition) is 1. The van der Waals surface area contributed by atoms with E-state index in [1.54, 1.807) is 0 Å². The van der Waals surface area contributed by atoms with E-state index < -0.39 is 11.9 Å². The standard InChI is InChI=1S/C10H6BrF3N6/c11-5-4-20(18-8(5)15)9-6-3-7(10(12,13)14)17-19(6)2-1-16-9/h1-4H,(H2,15,18). The van der Waals surface area contributed by atoms with E-state index in [0.717, 1.165) is 10.6 Å². The molecule has 3 aromatic rings. The summed E-state index contributed by atoms with van der Waals surface area (Å²) in [5, 5.41) is 7.43. The van der Waals surface area contributed by atoms with Gasteiger partial charge in [0.05, 0.1) is 4.47 Å². The number of hydrogen-bond acceptors (Lipinski definition) is 4. The molecular formula is C10H6BrF3N6. The van der Waals surface area contributed by atoms with Crippen LogP contribution in [0.1, 0.15) is 5.69 Å². The molecule has 20 heavy (non-hydrogen) atoms. The first kappa shape index (κ1) is 12.9. The van der Waals surface area contributed by atoms with Crippen molar-refractivity contribution in [3.8, 4) is 5.82 Å². The number of aromatic nitrogens is 5. The van der Waals surface area contributed by atoms with E-state index in [1.807, 2.05) is 0 Å². The van der Waals surface area contributed by atoms with E-state index in [9.17, 15) is 13.2 Å². The highest BCUT2D eigenvalue weighted by Crippen LogP contribution is 2.30. The van der Waals surface area contributed by atoms with Crippen molar-refractivity contribution in [3.05, 3.63) is 34.8 Å². The SMILES string of the molecule is Nc1nn(-c2nccn3nc(C(F)(F)F)cc23)cc1Br. The first-order chi connectivity index (χ1) is 9.36. The second-order valence-corrected chi connectivity index (χ2v) is 4.77. The summed E-state index contributed by atoms with van der Waals surface area (Å²) in [6.07, 6.45) is -0.345. The van der Waals surface area contributed by atoms with E-state index in [0.29, 0.717) is 4.47 Å². The second-order valence-electron chi connectivity index (χ2n) is 3.91. The van der Waals surface area contributed by atoms with Crippen LogP contribution in [0.4, 0.5) is 19.0 Å². The third-order valence-corrected chi connectivity index (χ3v) is 3.18. The van der Waals surface area contributed by atoms with Gasteiger partial charge in [0.25, 0.3) is 0 Å². The lowest BCUT2D eigenvalue weighted by atomic mass is 10.4. The molecule has 0 fully saturated rings. The lowest BCUT2D eigenvalue weighted by molar-refractivity contribution is -0.141. The summed E-state index contributed by atoms with van der Waals surface area (Å²) >= 11 is 3.18. The van der Waals surface area contributed by atoms with Crippen molar-refractivity contribution in [1.29, 1.82) is 0 Å². The molecule has 10 heteroatoms. The molecule has 3 heterocycles. The van der Waals surface area contributed by atoms with Crippen molar-refractivity contribution < 1.29 is 13.2 Å². The number of nitrogens with zero attached hydrogens (tertiary/aromatic N) is 5. The molecule has 0 aliphatic rings. The van der Waals surface area contributed by atoms with Crippen LogP contribution in [0.25, 0.3) is 11.3 Å². The van der Waals surface area contributed by atoms with Crippen LogP contribution in [0.15, 0.2) is 29.1 Å². The van der Waals surface area contributed by atoms with E-state index in [2.05, 4.69) is 31.1 Å². The molecule has 0 atom stereocenters. The van der Waals surface area contributed by atoms with Gasteiger partial charge in [0.15, 0.2) is 17.3 Å². The zero-order chi connectivity index (χ0) is 14.5. The van der Waals surface area contributed by atoms with Crippen molar-refractivity contribution in [3.63, 3.8) is 0 Å². The van der Waals surface area contributed by atoms with E-state index in [4.69, 9.17) is 5.73 Å². The minimum absolute atomic E-state index is 0.176. The number of nitrogens with two attached hydrogens (primary N) is 1. The largest absolute Gasteiger partial charge is 0.435 e. The molecule has 104 valence electrons. The van der Waals surface area contributed by atoms with Crippen molar-refractivity contribution >= 4 is 27.3 Å². The van der Waals surface area contributed by atoms with Gasteiger partial charge in [-0.05, 0) is 15.9 Å². The highest BCUT2D eigenvalue weighted by Gasteiger charge is 2.34. The van der Waals surface area contributed by atoms with Crippen LogP contribution < -0.4 is 5.73 Å². The van der Waals surface area contributed by atoms with Crippen LogP contribution in [0.2, 0.25) is 0 Å². The third-order valence-electron chi connectivity index (χ3n) is 2.57. The highest BCUT2D eigenvalue weighted by molar-refractivity contribution is 9.10. The molecule has 0 unspecified atom stereocenters. The van der Waals surface area contributed by atoms with E-state index in [1.165, 1.54) is 23.3 Å². The number of rotatable bonds is 1. The van der Waals surface area contributed by atoms with Crippen LogP contribution >= 0.6 is 15.9 Å². The average Bonchev–Trinajstić information content (AvgIpc) is 2.93. The number of halogens is 4. The lowest BCUT2D eigenvalue weighted by Gasteiger charge is -2.01. The zero-order valence-corrected chi connectivity index (χ0v) is 11.2. The predicted molar refractivity (Wildman–Crippen MR) is 67.2 cm³/mol. The van der Waals surface area contributed by atoms with Gasteiger partial charge >= 0.3 is 6.18 Å². The fourth-order valence-electron chi connectivity index (χ4n) is 1.70. The Balaban J connectivity index is 2.23.